The number of nitrogens with zero attached hydrogens (tertiary/aromatic N) is 1. The Labute approximate surface area is 109 Å². The third kappa shape index (κ3) is 3.74. The van der Waals surface area contributed by atoms with Crippen molar-refractivity contribution in [2.75, 3.05) is 25.0 Å². The summed E-state index contributed by atoms with van der Waals surface area (Å²) in [5, 5.41) is 11.9. The van der Waals surface area contributed by atoms with E-state index in [1.165, 1.54) is 0 Å². The van der Waals surface area contributed by atoms with Crippen molar-refractivity contribution in [3.05, 3.63) is 29.3 Å². The van der Waals surface area contributed by atoms with Gasteiger partial charge >= 0.3 is 6.03 Å². The highest BCUT2D eigenvalue weighted by Crippen LogP contribution is 2.19. The van der Waals surface area contributed by atoms with E-state index in [4.69, 9.17) is 5.11 Å². The number of aliphatic hydroxyl groups is 1. The van der Waals surface area contributed by atoms with E-state index >= 15 is 0 Å². The fourth-order valence-corrected chi connectivity index (χ4v) is 1.90. The van der Waals surface area contributed by atoms with Crippen molar-refractivity contribution in [3.8, 4) is 0 Å². The molecule has 0 aliphatic carbocycles. The Balaban J connectivity index is 2.79. The highest BCUT2D eigenvalue weighted by molar-refractivity contribution is 5.91. The van der Waals surface area contributed by atoms with Crippen LogP contribution in [0.2, 0.25) is 0 Å². The standard InChI is InChI=1S/C14H22N2O2/c1-4-8-16(9-10-17)14(18)15-13-11(2)6-5-7-12(13)3/h5-7,17H,4,8-10H2,1-3H3,(H,15,18). The molecule has 2 N–H and O–H groups in total. The summed E-state index contributed by atoms with van der Waals surface area (Å²) in [5.41, 5.74) is 2.95. The molecule has 18 heavy (non-hydrogen) atoms. The molecule has 0 aromatic heterocycles. The Morgan fingerprint density at radius 1 is 1.28 bits per heavy atom. The molecule has 2 amide bonds. The van der Waals surface area contributed by atoms with Gasteiger partial charge in [0.05, 0.1) is 6.61 Å². The van der Waals surface area contributed by atoms with Gasteiger partial charge in [0, 0.05) is 18.8 Å². The minimum Gasteiger partial charge on any atom is -0.395 e. The predicted molar refractivity (Wildman–Crippen MR) is 73.9 cm³/mol. The van der Waals surface area contributed by atoms with Gasteiger partial charge in [0.1, 0.15) is 0 Å². The zero-order valence-electron chi connectivity index (χ0n) is 11.4. The van der Waals surface area contributed by atoms with Crippen molar-refractivity contribution in [1.29, 1.82) is 0 Å². The molecule has 4 nitrogen and oxygen atoms in total. The number of nitrogens with one attached hydrogen (secondary N) is 1. The van der Waals surface area contributed by atoms with Gasteiger partial charge in [0.15, 0.2) is 0 Å². The molecule has 1 rings (SSSR count). The van der Waals surface area contributed by atoms with Gasteiger partial charge in [-0.2, -0.15) is 0 Å². The molecule has 0 saturated carbocycles. The van der Waals surface area contributed by atoms with Crippen LogP contribution in [0.4, 0.5) is 10.5 Å². The van der Waals surface area contributed by atoms with Crippen LogP contribution in [0.3, 0.4) is 0 Å². The fourth-order valence-electron chi connectivity index (χ4n) is 1.90. The van der Waals surface area contributed by atoms with Gasteiger partial charge in [0.25, 0.3) is 0 Å². The number of carbonyl (C=O) groups is 1. The molecule has 1 aromatic rings. The van der Waals surface area contributed by atoms with Gasteiger partial charge in [-0.15, -0.1) is 0 Å². The van der Waals surface area contributed by atoms with Crippen LogP contribution in [0.25, 0.3) is 0 Å². The van der Waals surface area contributed by atoms with Gasteiger partial charge in [-0.05, 0) is 31.4 Å². The van der Waals surface area contributed by atoms with E-state index in [0.717, 1.165) is 23.2 Å². The Morgan fingerprint density at radius 2 is 1.89 bits per heavy atom. The average molecular weight is 250 g/mol. The molecule has 0 heterocycles. The summed E-state index contributed by atoms with van der Waals surface area (Å²) in [6.45, 7) is 6.95. The average Bonchev–Trinajstić information content (AvgIpc) is 2.33. The van der Waals surface area contributed by atoms with Crippen molar-refractivity contribution < 1.29 is 9.90 Å². The van der Waals surface area contributed by atoms with Crippen LogP contribution in [-0.4, -0.2) is 35.7 Å². The normalized spacial score (nSPS) is 10.2. The summed E-state index contributed by atoms with van der Waals surface area (Å²) in [7, 11) is 0. The monoisotopic (exact) mass is 250 g/mol. The zero-order chi connectivity index (χ0) is 13.5. The second-order valence-electron chi connectivity index (χ2n) is 4.41. The van der Waals surface area contributed by atoms with Gasteiger partial charge in [-0.3, -0.25) is 0 Å². The maximum Gasteiger partial charge on any atom is 0.321 e. The van der Waals surface area contributed by atoms with E-state index < -0.39 is 0 Å². The van der Waals surface area contributed by atoms with Crippen LogP contribution in [0, 0.1) is 13.8 Å². The third-order valence-corrected chi connectivity index (χ3v) is 2.86. The first kappa shape index (κ1) is 14.5. The van der Waals surface area contributed by atoms with E-state index in [2.05, 4.69) is 5.32 Å². The van der Waals surface area contributed by atoms with Crippen LogP contribution in [0.15, 0.2) is 18.2 Å². The second-order valence-corrected chi connectivity index (χ2v) is 4.41. The summed E-state index contributed by atoms with van der Waals surface area (Å²) in [5.74, 6) is 0. The number of aliphatic hydroxyl groups excluding tert-OH is 1. The first-order chi connectivity index (χ1) is 8.60. The van der Waals surface area contributed by atoms with Crippen LogP contribution in [0.1, 0.15) is 24.5 Å². The number of rotatable bonds is 5. The topological polar surface area (TPSA) is 52.6 Å². The Bertz CT molecular complexity index is 379. The second kappa shape index (κ2) is 7.01. The summed E-state index contributed by atoms with van der Waals surface area (Å²) < 4.78 is 0. The molecule has 0 radical (unpaired) electrons. The molecule has 0 saturated heterocycles. The van der Waals surface area contributed by atoms with Gasteiger partial charge in [-0.1, -0.05) is 25.1 Å². The van der Waals surface area contributed by atoms with Crippen LogP contribution in [-0.2, 0) is 0 Å². The smallest absolute Gasteiger partial charge is 0.321 e. The van der Waals surface area contributed by atoms with E-state index in [1.54, 1.807) is 4.90 Å². The molecular formula is C14H22N2O2. The first-order valence-electron chi connectivity index (χ1n) is 6.33. The highest BCUT2D eigenvalue weighted by Gasteiger charge is 2.13. The van der Waals surface area contributed by atoms with Crippen molar-refractivity contribution in [3.63, 3.8) is 0 Å². The van der Waals surface area contributed by atoms with E-state index in [1.807, 2.05) is 39.0 Å². The van der Waals surface area contributed by atoms with Crippen molar-refractivity contribution in [1.82, 2.24) is 4.90 Å². The minimum absolute atomic E-state index is 0.0137. The molecule has 0 spiro atoms. The van der Waals surface area contributed by atoms with Gasteiger partial charge in [-0.25, -0.2) is 4.79 Å². The summed E-state index contributed by atoms with van der Waals surface area (Å²) in [4.78, 5) is 13.7. The van der Waals surface area contributed by atoms with Gasteiger partial charge < -0.3 is 15.3 Å². The number of para-hydroxylation sites is 1. The number of benzene rings is 1. The lowest BCUT2D eigenvalue weighted by Crippen LogP contribution is -2.37. The lowest BCUT2D eigenvalue weighted by Gasteiger charge is -2.22. The lowest BCUT2D eigenvalue weighted by molar-refractivity contribution is 0.188. The summed E-state index contributed by atoms with van der Waals surface area (Å²) >= 11 is 0. The van der Waals surface area contributed by atoms with Crippen LogP contribution >= 0.6 is 0 Å². The number of hydrogen-bond donors (Lipinski definition) is 2. The quantitative estimate of drug-likeness (QED) is 0.843. The number of carbonyl (C=O) groups excluding carboxylic acids is 1. The van der Waals surface area contributed by atoms with Crippen molar-refractivity contribution in [2.24, 2.45) is 0 Å². The Hall–Kier alpha value is -1.55. The predicted octanol–water partition coefficient (Wildman–Crippen LogP) is 2.54. The number of urea groups is 1. The molecular weight excluding hydrogens is 228 g/mol. The molecule has 0 unspecified atom stereocenters. The summed E-state index contributed by atoms with van der Waals surface area (Å²) in [6.07, 6.45) is 0.875. The molecule has 0 fully saturated rings. The zero-order valence-corrected chi connectivity index (χ0v) is 11.4. The SMILES string of the molecule is CCCN(CCO)C(=O)Nc1c(C)cccc1C. The molecule has 0 aliphatic rings. The maximum absolute atomic E-state index is 12.1. The van der Waals surface area contributed by atoms with Crippen LogP contribution < -0.4 is 5.32 Å². The van der Waals surface area contributed by atoms with E-state index in [9.17, 15) is 4.79 Å². The van der Waals surface area contributed by atoms with E-state index in [0.29, 0.717) is 13.1 Å². The highest BCUT2D eigenvalue weighted by atomic mass is 16.3. The van der Waals surface area contributed by atoms with Crippen molar-refractivity contribution >= 4 is 11.7 Å². The lowest BCUT2D eigenvalue weighted by atomic mass is 10.1. The Kier molecular flexibility index (Phi) is 5.65. The van der Waals surface area contributed by atoms with Gasteiger partial charge in [0.2, 0.25) is 0 Å². The fraction of sp³-hybridized carbons (Fsp3) is 0.500. The first-order valence-corrected chi connectivity index (χ1v) is 6.33. The molecule has 100 valence electrons. The summed E-state index contributed by atoms with van der Waals surface area (Å²) in [6, 6.07) is 5.76. The molecule has 0 atom stereocenters. The number of aryl methyl sites for hydroxylation is 2. The third-order valence-electron chi connectivity index (χ3n) is 2.86. The largest absolute Gasteiger partial charge is 0.395 e. The molecule has 4 heteroatoms. The van der Waals surface area contributed by atoms with Crippen molar-refractivity contribution in [2.45, 2.75) is 27.2 Å². The van der Waals surface area contributed by atoms with Crippen LogP contribution in [0.5, 0.6) is 0 Å². The minimum atomic E-state index is -0.150. The molecule has 1 aromatic carbocycles. The maximum atomic E-state index is 12.1. The number of amides is 2. The molecule has 0 bridgehead atoms. The number of hydrogen-bond acceptors (Lipinski definition) is 2. The van der Waals surface area contributed by atoms with E-state index in [-0.39, 0.29) is 12.6 Å². The Morgan fingerprint density at radius 3 is 2.39 bits per heavy atom. The molecule has 0 aliphatic heterocycles. The number of anilines is 1.